The number of nitrogens with two attached hydrogens (primary N) is 1. The standard InChI is InChI=1S/C14H17ClN2O/c1-10(15)8-17(9-14(16)18)13-7-6-11-4-2-3-5-12(11)13/h2-5,13H,1,6-9H2,(H2,16,18)/t13-/m0/s1. The number of amides is 1. The Labute approximate surface area is 112 Å². The van der Waals surface area contributed by atoms with E-state index in [1.165, 1.54) is 11.1 Å². The summed E-state index contributed by atoms with van der Waals surface area (Å²) in [5, 5.41) is 0.528. The van der Waals surface area contributed by atoms with Crippen LogP contribution in [0.2, 0.25) is 0 Å². The largest absolute Gasteiger partial charge is 0.369 e. The summed E-state index contributed by atoms with van der Waals surface area (Å²) in [7, 11) is 0. The first-order valence-corrected chi connectivity index (χ1v) is 6.39. The molecule has 1 atom stereocenters. The molecule has 0 fully saturated rings. The molecule has 4 heteroatoms. The molecule has 0 radical (unpaired) electrons. The van der Waals surface area contributed by atoms with Gasteiger partial charge in [0, 0.05) is 17.6 Å². The van der Waals surface area contributed by atoms with Crippen molar-refractivity contribution in [2.45, 2.75) is 18.9 Å². The van der Waals surface area contributed by atoms with Gasteiger partial charge in [0.2, 0.25) is 5.91 Å². The van der Waals surface area contributed by atoms with Crippen LogP contribution < -0.4 is 5.73 Å². The number of nitrogens with zero attached hydrogens (tertiary/aromatic N) is 1. The highest BCUT2D eigenvalue weighted by atomic mass is 35.5. The summed E-state index contributed by atoms with van der Waals surface area (Å²) in [4.78, 5) is 13.2. The predicted octanol–water partition coefficient (Wildman–Crippen LogP) is 2.21. The SMILES string of the molecule is C=C(Cl)CN(CC(N)=O)[C@H]1CCc2ccccc21. The van der Waals surface area contributed by atoms with Crippen molar-refractivity contribution in [1.29, 1.82) is 0 Å². The smallest absolute Gasteiger partial charge is 0.231 e. The number of rotatable bonds is 5. The van der Waals surface area contributed by atoms with E-state index in [1.54, 1.807) is 0 Å². The molecule has 0 saturated heterocycles. The van der Waals surface area contributed by atoms with Crippen LogP contribution in [-0.4, -0.2) is 23.9 Å². The van der Waals surface area contributed by atoms with E-state index < -0.39 is 0 Å². The van der Waals surface area contributed by atoms with Gasteiger partial charge in [-0.1, -0.05) is 42.4 Å². The van der Waals surface area contributed by atoms with E-state index in [-0.39, 0.29) is 18.5 Å². The molecule has 1 aliphatic rings. The fraction of sp³-hybridized carbons (Fsp3) is 0.357. The molecular weight excluding hydrogens is 248 g/mol. The van der Waals surface area contributed by atoms with Crippen molar-refractivity contribution in [3.8, 4) is 0 Å². The second-order valence-corrected chi connectivity index (χ2v) is 5.18. The van der Waals surface area contributed by atoms with E-state index in [0.29, 0.717) is 11.6 Å². The number of fused-ring (bicyclic) bond motifs is 1. The highest BCUT2D eigenvalue weighted by molar-refractivity contribution is 6.29. The van der Waals surface area contributed by atoms with Crippen molar-refractivity contribution in [2.75, 3.05) is 13.1 Å². The summed E-state index contributed by atoms with van der Waals surface area (Å²) in [6, 6.07) is 8.52. The molecule has 3 nitrogen and oxygen atoms in total. The van der Waals surface area contributed by atoms with Crippen LogP contribution in [0, 0.1) is 0 Å². The summed E-state index contributed by atoms with van der Waals surface area (Å²) >= 11 is 5.87. The van der Waals surface area contributed by atoms with Crippen LogP contribution in [0.1, 0.15) is 23.6 Å². The van der Waals surface area contributed by atoms with Crippen molar-refractivity contribution < 1.29 is 4.79 Å². The predicted molar refractivity (Wildman–Crippen MR) is 73.3 cm³/mol. The molecule has 0 unspecified atom stereocenters. The normalized spacial score (nSPS) is 17.8. The Kier molecular flexibility index (Phi) is 4.04. The van der Waals surface area contributed by atoms with Crippen LogP contribution in [0.4, 0.5) is 0 Å². The second kappa shape index (κ2) is 5.55. The molecule has 1 aliphatic carbocycles. The summed E-state index contributed by atoms with van der Waals surface area (Å²) < 4.78 is 0. The van der Waals surface area contributed by atoms with Gasteiger partial charge in [0.05, 0.1) is 6.54 Å². The molecule has 0 heterocycles. The van der Waals surface area contributed by atoms with E-state index in [9.17, 15) is 4.79 Å². The molecule has 0 spiro atoms. The van der Waals surface area contributed by atoms with E-state index >= 15 is 0 Å². The minimum absolute atomic E-state index is 0.212. The van der Waals surface area contributed by atoms with Gasteiger partial charge in [-0.15, -0.1) is 0 Å². The summed E-state index contributed by atoms with van der Waals surface area (Å²) in [5.41, 5.74) is 7.92. The van der Waals surface area contributed by atoms with Crippen molar-refractivity contribution in [3.05, 3.63) is 47.0 Å². The molecule has 0 saturated carbocycles. The maximum absolute atomic E-state index is 11.2. The highest BCUT2D eigenvalue weighted by Crippen LogP contribution is 2.35. The molecule has 1 aromatic rings. The molecule has 0 aliphatic heterocycles. The van der Waals surface area contributed by atoms with Crippen LogP contribution in [0.5, 0.6) is 0 Å². The van der Waals surface area contributed by atoms with Crippen molar-refractivity contribution in [3.63, 3.8) is 0 Å². The first-order valence-electron chi connectivity index (χ1n) is 6.01. The van der Waals surface area contributed by atoms with Gasteiger partial charge in [0.1, 0.15) is 0 Å². The average molecular weight is 265 g/mol. The molecular formula is C14H17ClN2O. The topological polar surface area (TPSA) is 46.3 Å². The van der Waals surface area contributed by atoms with E-state index in [0.717, 1.165) is 12.8 Å². The Balaban J connectivity index is 2.21. The summed E-state index contributed by atoms with van der Waals surface area (Å²) in [6.45, 7) is 4.40. The van der Waals surface area contributed by atoms with Gasteiger partial charge >= 0.3 is 0 Å². The van der Waals surface area contributed by atoms with Crippen molar-refractivity contribution in [1.82, 2.24) is 4.90 Å². The lowest BCUT2D eigenvalue weighted by Gasteiger charge is -2.28. The Bertz CT molecular complexity index is 457. The number of carbonyl (C=O) groups excluding carboxylic acids is 1. The van der Waals surface area contributed by atoms with Crippen LogP contribution in [0.3, 0.4) is 0 Å². The molecule has 1 aromatic carbocycles. The fourth-order valence-corrected chi connectivity index (χ4v) is 2.76. The number of aryl methyl sites for hydroxylation is 1. The molecule has 0 bridgehead atoms. The Hall–Kier alpha value is -1.32. The third kappa shape index (κ3) is 2.92. The zero-order valence-corrected chi connectivity index (χ0v) is 11.0. The van der Waals surface area contributed by atoms with Crippen LogP contribution in [-0.2, 0) is 11.2 Å². The van der Waals surface area contributed by atoms with E-state index in [4.69, 9.17) is 17.3 Å². The van der Waals surface area contributed by atoms with Gasteiger partial charge in [0.25, 0.3) is 0 Å². The monoisotopic (exact) mass is 264 g/mol. The molecule has 96 valence electrons. The third-order valence-electron chi connectivity index (χ3n) is 3.28. The minimum Gasteiger partial charge on any atom is -0.369 e. The lowest BCUT2D eigenvalue weighted by Crippen LogP contribution is -2.36. The fourth-order valence-electron chi connectivity index (χ4n) is 2.61. The molecule has 18 heavy (non-hydrogen) atoms. The zero-order chi connectivity index (χ0) is 13.1. The Morgan fingerprint density at radius 2 is 2.17 bits per heavy atom. The summed E-state index contributed by atoms with van der Waals surface area (Å²) in [5.74, 6) is -0.336. The molecule has 0 aromatic heterocycles. The second-order valence-electron chi connectivity index (χ2n) is 4.64. The maximum Gasteiger partial charge on any atom is 0.231 e. The van der Waals surface area contributed by atoms with Crippen LogP contribution in [0.15, 0.2) is 35.9 Å². The summed E-state index contributed by atoms with van der Waals surface area (Å²) in [6.07, 6.45) is 2.03. The minimum atomic E-state index is -0.336. The number of halogens is 1. The lowest BCUT2D eigenvalue weighted by molar-refractivity contribution is -0.119. The van der Waals surface area contributed by atoms with Crippen LogP contribution >= 0.6 is 11.6 Å². The maximum atomic E-state index is 11.2. The first kappa shape index (κ1) is 13.1. The number of hydrogen-bond acceptors (Lipinski definition) is 2. The number of carbonyl (C=O) groups is 1. The zero-order valence-electron chi connectivity index (χ0n) is 10.2. The quantitative estimate of drug-likeness (QED) is 0.886. The van der Waals surface area contributed by atoms with Gasteiger partial charge < -0.3 is 5.73 Å². The molecule has 2 rings (SSSR count). The molecule has 1 amide bonds. The highest BCUT2D eigenvalue weighted by Gasteiger charge is 2.28. The van der Waals surface area contributed by atoms with Crippen LogP contribution in [0.25, 0.3) is 0 Å². The van der Waals surface area contributed by atoms with Gasteiger partial charge in [-0.25, -0.2) is 0 Å². The lowest BCUT2D eigenvalue weighted by atomic mass is 10.1. The van der Waals surface area contributed by atoms with Gasteiger partial charge in [-0.05, 0) is 24.0 Å². The number of primary amides is 1. The van der Waals surface area contributed by atoms with E-state index in [2.05, 4.69) is 18.7 Å². The van der Waals surface area contributed by atoms with Crippen molar-refractivity contribution in [2.24, 2.45) is 5.73 Å². The van der Waals surface area contributed by atoms with E-state index in [1.807, 2.05) is 17.0 Å². The average Bonchev–Trinajstić information content (AvgIpc) is 2.70. The van der Waals surface area contributed by atoms with Gasteiger partial charge in [-0.2, -0.15) is 0 Å². The first-order chi connectivity index (χ1) is 8.58. The third-order valence-corrected chi connectivity index (χ3v) is 3.40. The van der Waals surface area contributed by atoms with Gasteiger partial charge in [0.15, 0.2) is 0 Å². The Morgan fingerprint density at radius 3 is 2.83 bits per heavy atom. The van der Waals surface area contributed by atoms with Crippen molar-refractivity contribution >= 4 is 17.5 Å². The Morgan fingerprint density at radius 1 is 1.44 bits per heavy atom. The number of benzene rings is 1. The molecule has 2 N–H and O–H groups in total. The van der Waals surface area contributed by atoms with Gasteiger partial charge in [-0.3, -0.25) is 9.69 Å². The number of hydrogen-bond donors (Lipinski definition) is 1.